The van der Waals surface area contributed by atoms with E-state index in [0.717, 1.165) is 17.7 Å². The second-order valence-corrected chi connectivity index (χ2v) is 5.48. The molecule has 0 aromatic heterocycles. The molecule has 1 aliphatic rings. The van der Waals surface area contributed by atoms with E-state index in [-0.39, 0.29) is 6.10 Å². The number of carboxylic acid groups (broad SMARTS) is 1. The molecule has 1 aromatic carbocycles. The van der Waals surface area contributed by atoms with Gasteiger partial charge in [-0.2, -0.15) is 0 Å². The number of hydroxylamine groups is 2. The van der Waals surface area contributed by atoms with Crippen LogP contribution in [0.5, 0.6) is 0 Å². The van der Waals surface area contributed by atoms with E-state index in [4.69, 9.17) is 31.0 Å². The van der Waals surface area contributed by atoms with Crippen molar-refractivity contribution in [2.75, 3.05) is 26.3 Å². The predicted octanol–water partition coefficient (Wildman–Crippen LogP) is 1.66. The standard InChI is InChI=1S/C16H18ClNO6/c17-14-4-2-1-3-12(14)10-22-11-13-9-18(7-8-23-13)24-16(21)6-5-15(19)20/h1-6,13H,7-11H2,(H,19,20)/b6-5-. The molecule has 0 aliphatic carbocycles. The zero-order valence-electron chi connectivity index (χ0n) is 12.9. The number of aliphatic carboxylic acids is 1. The molecule has 1 heterocycles. The molecule has 0 saturated carbocycles. The van der Waals surface area contributed by atoms with Gasteiger partial charge in [0.2, 0.25) is 0 Å². The molecule has 1 atom stereocenters. The molecule has 24 heavy (non-hydrogen) atoms. The van der Waals surface area contributed by atoms with Crippen molar-refractivity contribution in [3.05, 3.63) is 47.0 Å². The van der Waals surface area contributed by atoms with E-state index in [2.05, 4.69) is 0 Å². The summed E-state index contributed by atoms with van der Waals surface area (Å²) >= 11 is 6.05. The Morgan fingerprint density at radius 3 is 2.92 bits per heavy atom. The second-order valence-electron chi connectivity index (χ2n) is 5.07. The monoisotopic (exact) mass is 355 g/mol. The van der Waals surface area contributed by atoms with Crippen LogP contribution >= 0.6 is 11.6 Å². The number of ether oxygens (including phenoxy) is 2. The van der Waals surface area contributed by atoms with Gasteiger partial charge in [0.15, 0.2) is 0 Å². The number of halogens is 1. The summed E-state index contributed by atoms with van der Waals surface area (Å²) in [5.74, 6) is -1.95. The lowest BCUT2D eigenvalue weighted by Gasteiger charge is -2.30. The van der Waals surface area contributed by atoms with Crippen molar-refractivity contribution < 1.29 is 29.0 Å². The first-order chi connectivity index (χ1) is 11.5. The molecule has 1 aliphatic heterocycles. The Hall–Kier alpha value is -1.93. The quantitative estimate of drug-likeness (QED) is 0.744. The fraction of sp³-hybridized carbons (Fsp3) is 0.375. The molecule has 1 N–H and O–H groups in total. The van der Waals surface area contributed by atoms with Gasteiger partial charge in [-0.1, -0.05) is 29.8 Å². The SMILES string of the molecule is O=C(O)/C=C\C(=O)ON1CCOC(COCc2ccccc2Cl)C1. The van der Waals surface area contributed by atoms with Crippen molar-refractivity contribution >= 4 is 23.5 Å². The lowest BCUT2D eigenvalue weighted by Crippen LogP contribution is -2.45. The Balaban J connectivity index is 1.74. The summed E-state index contributed by atoms with van der Waals surface area (Å²) in [5, 5.41) is 10.5. The number of hydrogen-bond donors (Lipinski definition) is 1. The lowest BCUT2D eigenvalue weighted by molar-refractivity contribution is -0.214. The van der Waals surface area contributed by atoms with Gasteiger partial charge >= 0.3 is 11.9 Å². The van der Waals surface area contributed by atoms with Crippen LogP contribution in [0.2, 0.25) is 5.02 Å². The molecule has 1 unspecified atom stereocenters. The van der Waals surface area contributed by atoms with Crippen LogP contribution < -0.4 is 0 Å². The highest BCUT2D eigenvalue weighted by atomic mass is 35.5. The van der Waals surface area contributed by atoms with E-state index in [0.29, 0.717) is 37.9 Å². The molecule has 0 amide bonds. The zero-order valence-corrected chi connectivity index (χ0v) is 13.6. The number of morpholine rings is 1. The maximum atomic E-state index is 11.5. The second kappa shape index (κ2) is 9.39. The van der Waals surface area contributed by atoms with Crippen LogP contribution in [0.3, 0.4) is 0 Å². The van der Waals surface area contributed by atoms with E-state index in [1.807, 2.05) is 18.2 Å². The highest BCUT2D eigenvalue weighted by molar-refractivity contribution is 6.31. The van der Waals surface area contributed by atoms with Gasteiger partial charge in [-0.25, -0.2) is 9.59 Å². The normalized spacial score (nSPS) is 18.6. The third-order valence-corrected chi connectivity index (χ3v) is 3.57. The summed E-state index contributed by atoms with van der Waals surface area (Å²) in [6, 6.07) is 7.41. The van der Waals surface area contributed by atoms with E-state index in [1.165, 1.54) is 5.06 Å². The van der Waals surface area contributed by atoms with Crippen LogP contribution in [-0.4, -0.2) is 54.5 Å². The van der Waals surface area contributed by atoms with Crippen molar-refractivity contribution in [3.63, 3.8) is 0 Å². The van der Waals surface area contributed by atoms with E-state index in [9.17, 15) is 9.59 Å². The van der Waals surface area contributed by atoms with Crippen molar-refractivity contribution in [2.24, 2.45) is 0 Å². The summed E-state index contributed by atoms with van der Waals surface area (Å²) in [4.78, 5) is 26.9. The van der Waals surface area contributed by atoms with Gasteiger partial charge in [-0.05, 0) is 11.6 Å². The molecule has 1 fully saturated rings. The number of carbonyl (C=O) groups excluding carboxylic acids is 1. The molecule has 1 aromatic rings. The molecule has 7 nitrogen and oxygen atoms in total. The summed E-state index contributed by atoms with van der Waals surface area (Å²) < 4.78 is 11.2. The summed E-state index contributed by atoms with van der Waals surface area (Å²) in [7, 11) is 0. The van der Waals surface area contributed by atoms with Crippen LogP contribution in [-0.2, 0) is 30.5 Å². The maximum absolute atomic E-state index is 11.5. The molecule has 1 saturated heterocycles. The van der Waals surface area contributed by atoms with Crippen molar-refractivity contribution in [2.45, 2.75) is 12.7 Å². The number of hydrogen-bond acceptors (Lipinski definition) is 6. The fourth-order valence-electron chi connectivity index (χ4n) is 2.09. The van der Waals surface area contributed by atoms with Gasteiger partial charge in [0.1, 0.15) is 0 Å². The number of rotatable bonds is 7. The number of carboxylic acids is 1. The molecule has 0 spiro atoms. The summed E-state index contributed by atoms with van der Waals surface area (Å²) in [6.45, 7) is 1.82. The van der Waals surface area contributed by atoms with E-state index < -0.39 is 11.9 Å². The topological polar surface area (TPSA) is 85.3 Å². The number of carbonyl (C=O) groups is 2. The Morgan fingerprint density at radius 2 is 2.17 bits per heavy atom. The Bertz CT molecular complexity index is 606. The minimum Gasteiger partial charge on any atom is -0.478 e. The van der Waals surface area contributed by atoms with Gasteiger partial charge in [0, 0.05) is 17.2 Å². The van der Waals surface area contributed by atoms with E-state index >= 15 is 0 Å². The first-order valence-corrected chi connectivity index (χ1v) is 7.73. The lowest BCUT2D eigenvalue weighted by atomic mass is 10.2. The smallest absolute Gasteiger partial charge is 0.349 e. The van der Waals surface area contributed by atoms with Gasteiger partial charge in [0.05, 0.1) is 39.0 Å². The summed E-state index contributed by atoms with van der Waals surface area (Å²) in [5.41, 5.74) is 0.886. The van der Waals surface area contributed by atoms with Gasteiger partial charge in [0.25, 0.3) is 0 Å². The Morgan fingerprint density at radius 1 is 1.38 bits per heavy atom. The molecule has 130 valence electrons. The molecule has 0 bridgehead atoms. The highest BCUT2D eigenvalue weighted by Crippen LogP contribution is 2.16. The van der Waals surface area contributed by atoms with Crippen LogP contribution in [0.1, 0.15) is 5.56 Å². The Labute approximate surface area is 144 Å². The average Bonchev–Trinajstić information content (AvgIpc) is 2.55. The van der Waals surface area contributed by atoms with Crippen LogP contribution in [0, 0.1) is 0 Å². The third-order valence-electron chi connectivity index (χ3n) is 3.20. The van der Waals surface area contributed by atoms with Gasteiger partial charge in [-0.15, -0.1) is 5.06 Å². The van der Waals surface area contributed by atoms with E-state index in [1.54, 1.807) is 6.07 Å². The Kier molecular flexibility index (Phi) is 7.20. The predicted molar refractivity (Wildman–Crippen MR) is 85.3 cm³/mol. The molecule has 8 heteroatoms. The van der Waals surface area contributed by atoms with Gasteiger partial charge in [-0.3, -0.25) is 0 Å². The minimum absolute atomic E-state index is 0.252. The molecule has 0 radical (unpaired) electrons. The number of benzene rings is 1. The van der Waals surface area contributed by atoms with Crippen LogP contribution in [0.25, 0.3) is 0 Å². The first-order valence-electron chi connectivity index (χ1n) is 7.35. The highest BCUT2D eigenvalue weighted by Gasteiger charge is 2.23. The third kappa shape index (κ3) is 6.29. The zero-order chi connectivity index (χ0) is 17.4. The molecular formula is C16H18ClNO6. The molecular weight excluding hydrogens is 338 g/mol. The fourth-order valence-corrected chi connectivity index (χ4v) is 2.28. The maximum Gasteiger partial charge on any atom is 0.349 e. The minimum atomic E-state index is -1.21. The average molecular weight is 356 g/mol. The first kappa shape index (κ1) is 18.4. The van der Waals surface area contributed by atoms with Crippen LogP contribution in [0.4, 0.5) is 0 Å². The summed E-state index contributed by atoms with van der Waals surface area (Å²) in [6.07, 6.45) is 1.34. The van der Waals surface area contributed by atoms with Crippen LogP contribution in [0.15, 0.2) is 36.4 Å². The van der Waals surface area contributed by atoms with Crippen molar-refractivity contribution in [3.8, 4) is 0 Å². The molecule has 2 rings (SSSR count). The van der Waals surface area contributed by atoms with Gasteiger partial charge < -0.3 is 19.4 Å². The largest absolute Gasteiger partial charge is 0.478 e. The van der Waals surface area contributed by atoms with Crippen molar-refractivity contribution in [1.82, 2.24) is 5.06 Å². The number of nitrogens with zero attached hydrogens (tertiary/aromatic N) is 1. The van der Waals surface area contributed by atoms with Crippen molar-refractivity contribution in [1.29, 1.82) is 0 Å².